The van der Waals surface area contributed by atoms with Crippen molar-refractivity contribution in [3.8, 4) is 0 Å². The summed E-state index contributed by atoms with van der Waals surface area (Å²) in [5.41, 5.74) is 6.48. The highest BCUT2D eigenvalue weighted by Crippen LogP contribution is 2.19. The molecular weight excluding hydrogens is 298 g/mol. The maximum Gasteiger partial charge on any atom is 0.335 e. The number of unbranched alkanes of at least 4 members (excludes halogenated alkanes) is 4. The Labute approximate surface area is 151 Å². The van der Waals surface area contributed by atoms with Gasteiger partial charge >= 0.3 is 5.96 Å². The lowest BCUT2D eigenvalue weighted by atomic mass is 10.3. The molecule has 5 heteroatoms. The number of nitrogens with zero attached hydrogens (tertiary/aromatic N) is 4. The molecule has 0 amide bonds. The van der Waals surface area contributed by atoms with Crippen molar-refractivity contribution >= 4 is 5.96 Å². The quantitative estimate of drug-likeness (QED) is 0.224. The zero-order chi connectivity index (χ0) is 18.4. The molecule has 144 valence electrons. The van der Waals surface area contributed by atoms with E-state index in [9.17, 15) is 0 Å². The number of quaternary nitrogens is 1. The van der Waals surface area contributed by atoms with Crippen molar-refractivity contribution in [3.05, 3.63) is 0 Å². The first-order valence-corrected chi connectivity index (χ1v) is 10.1. The van der Waals surface area contributed by atoms with Crippen molar-refractivity contribution in [1.29, 1.82) is 0 Å². The molecule has 0 aliphatic rings. The van der Waals surface area contributed by atoms with Gasteiger partial charge < -0.3 is 5.73 Å². The Kier molecular flexibility index (Phi) is 13.3. The van der Waals surface area contributed by atoms with Gasteiger partial charge in [0.05, 0.1) is 26.2 Å². The normalized spacial score (nSPS) is 13.2. The van der Waals surface area contributed by atoms with E-state index in [1.807, 2.05) is 7.05 Å². The van der Waals surface area contributed by atoms with Gasteiger partial charge in [-0.3, -0.25) is 0 Å². The van der Waals surface area contributed by atoms with Crippen molar-refractivity contribution in [2.45, 2.75) is 79.1 Å². The van der Waals surface area contributed by atoms with E-state index in [1.165, 1.54) is 51.4 Å². The van der Waals surface area contributed by atoms with E-state index >= 15 is 0 Å². The molecule has 24 heavy (non-hydrogen) atoms. The number of hydrogen-bond donors (Lipinski definition) is 1. The lowest BCUT2D eigenvalue weighted by Gasteiger charge is -2.47. The topological polar surface area (TPSA) is 44.9 Å². The predicted octanol–water partition coefficient (Wildman–Crippen LogP) is 4.01. The van der Waals surface area contributed by atoms with Crippen molar-refractivity contribution in [2.24, 2.45) is 10.7 Å². The molecule has 5 nitrogen and oxygen atoms in total. The van der Waals surface area contributed by atoms with Crippen LogP contribution in [0, 0.1) is 0 Å². The SMILES string of the molecule is CCCCN(CCCC)[N+](C)(C(N)=NC)N(CCCC)CCCC. The molecule has 0 bridgehead atoms. The van der Waals surface area contributed by atoms with Gasteiger partial charge in [0.2, 0.25) is 0 Å². The highest BCUT2D eigenvalue weighted by atomic mass is 16.0. The Balaban J connectivity index is 5.60. The summed E-state index contributed by atoms with van der Waals surface area (Å²) in [6.07, 6.45) is 9.61. The Bertz CT molecular complexity index is 294. The van der Waals surface area contributed by atoms with Gasteiger partial charge in [0.15, 0.2) is 0 Å². The largest absolute Gasteiger partial charge is 0.335 e. The fourth-order valence-electron chi connectivity index (χ4n) is 3.02. The van der Waals surface area contributed by atoms with E-state index in [-0.39, 0.29) is 0 Å². The lowest BCUT2D eigenvalue weighted by Crippen LogP contribution is -2.72. The number of rotatable bonds is 14. The van der Waals surface area contributed by atoms with E-state index in [0.717, 1.165) is 26.2 Å². The number of aliphatic imine (C=N–C) groups is 1. The lowest BCUT2D eigenvalue weighted by molar-refractivity contribution is -1.05. The fraction of sp³-hybridized carbons (Fsp3) is 0.947. The van der Waals surface area contributed by atoms with E-state index in [2.05, 4.69) is 49.8 Å². The molecule has 2 N–H and O–H groups in total. The Hall–Kier alpha value is -0.650. The number of hydrogen-bond acceptors (Lipinski definition) is 3. The molecule has 0 unspecified atom stereocenters. The molecule has 0 heterocycles. The van der Waals surface area contributed by atoms with Gasteiger partial charge in [-0.25, -0.2) is 4.99 Å². The van der Waals surface area contributed by atoms with Crippen molar-refractivity contribution in [2.75, 3.05) is 40.3 Å². The summed E-state index contributed by atoms with van der Waals surface area (Å²) in [6, 6.07) is 0. The van der Waals surface area contributed by atoms with Gasteiger partial charge in [0.25, 0.3) is 0 Å². The van der Waals surface area contributed by atoms with E-state index in [4.69, 9.17) is 5.73 Å². The molecule has 0 spiro atoms. The van der Waals surface area contributed by atoms with Gasteiger partial charge in [0, 0.05) is 7.05 Å². The number of guanidine groups is 1. The van der Waals surface area contributed by atoms with Crippen LogP contribution in [0.15, 0.2) is 4.99 Å². The van der Waals surface area contributed by atoms with Crippen LogP contribution >= 0.6 is 0 Å². The molecule has 0 fully saturated rings. The minimum Gasteiger partial charge on any atom is -0.335 e. The van der Waals surface area contributed by atoms with Crippen LogP contribution in [0.2, 0.25) is 0 Å². The van der Waals surface area contributed by atoms with Crippen LogP contribution in [0.1, 0.15) is 79.1 Å². The van der Waals surface area contributed by atoms with Crippen LogP contribution in [-0.4, -0.2) is 61.0 Å². The summed E-state index contributed by atoms with van der Waals surface area (Å²) in [5.74, 6) is 0.703. The van der Waals surface area contributed by atoms with E-state index in [1.54, 1.807) is 0 Å². The molecule has 0 saturated carbocycles. The van der Waals surface area contributed by atoms with Gasteiger partial charge in [-0.1, -0.05) is 53.4 Å². The predicted molar refractivity (Wildman–Crippen MR) is 107 cm³/mol. The molecule has 0 atom stereocenters. The number of nitrogens with two attached hydrogens (primary N) is 1. The Morgan fingerprint density at radius 2 is 1.04 bits per heavy atom. The maximum atomic E-state index is 6.48. The third-order valence-electron chi connectivity index (χ3n) is 4.84. The second kappa shape index (κ2) is 13.6. The first-order chi connectivity index (χ1) is 11.5. The zero-order valence-electron chi connectivity index (χ0n) is 17.4. The molecular formula is C19H44N5+. The molecule has 0 aromatic rings. The molecule has 0 radical (unpaired) electrons. The molecule has 0 saturated heterocycles. The summed E-state index contributed by atoms with van der Waals surface area (Å²) in [7, 11) is 4.06. The molecule has 0 aliphatic carbocycles. The van der Waals surface area contributed by atoms with Crippen LogP contribution in [0.5, 0.6) is 0 Å². The third-order valence-corrected chi connectivity index (χ3v) is 4.84. The van der Waals surface area contributed by atoms with Crippen LogP contribution in [0.3, 0.4) is 0 Å². The summed E-state index contributed by atoms with van der Waals surface area (Å²) in [4.78, 5) is 4.42. The maximum absolute atomic E-state index is 6.48. The van der Waals surface area contributed by atoms with E-state index < -0.39 is 0 Å². The highest BCUT2D eigenvalue weighted by molar-refractivity contribution is 5.70. The van der Waals surface area contributed by atoms with Crippen LogP contribution in [0.4, 0.5) is 0 Å². The van der Waals surface area contributed by atoms with Crippen LogP contribution < -0.4 is 5.73 Å². The summed E-state index contributed by atoms with van der Waals surface area (Å²) in [5, 5.41) is 5.06. The van der Waals surface area contributed by atoms with Crippen molar-refractivity contribution in [3.63, 3.8) is 0 Å². The van der Waals surface area contributed by atoms with Crippen molar-refractivity contribution < 1.29 is 4.70 Å². The molecule has 0 aromatic carbocycles. The molecule has 0 aromatic heterocycles. The van der Waals surface area contributed by atoms with Gasteiger partial charge in [-0.2, -0.15) is 0 Å². The highest BCUT2D eigenvalue weighted by Gasteiger charge is 2.41. The molecule has 0 rings (SSSR count). The van der Waals surface area contributed by atoms with E-state index in [0.29, 0.717) is 10.7 Å². The second-order valence-corrected chi connectivity index (χ2v) is 6.82. The minimum atomic E-state index is 0.552. The van der Waals surface area contributed by atoms with Gasteiger partial charge in [0.1, 0.15) is 7.05 Å². The summed E-state index contributed by atoms with van der Waals surface area (Å²) in [6.45, 7) is 13.3. The van der Waals surface area contributed by atoms with Gasteiger partial charge in [-0.05, 0) is 25.7 Å². The van der Waals surface area contributed by atoms with Crippen molar-refractivity contribution in [1.82, 2.24) is 10.0 Å². The van der Waals surface area contributed by atoms with Crippen LogP contribution in [0.25, 0.3) is 0 Å². The van der Waals surface area contributed by atoms with Gasteiger partial charge in [-0.15, -0.1) is 14.7 Å². The monoisotopic (exact) mass is 342 g/mol. The Morgan fingerprint density at radius 3 is 1.25 bits per heavy atom. The smallest absolute Gasteiger partial charge is 0.335 e. The first-order valence-electron chi connectivity index (χ1n) is 10.1. The van der Waals surface area contributed by atoms with Crippen LogP contribution in [-0.2, 0) is 0 Å². The zero-order valence-corrected chi connectivity index (χ0v) is 17.4. The summed E-state index contributed by atoms with van der Waals surface area (Å²) >= 11 is 0. The first kappa shape index (κ1) is 23.4. The average Bonchev–Trinajstić information content (AvgIpc) is 2.60. The average molecular weight is 343 g/mol. The Morgan fingerprint density at radius 1 is 0.750 bits per heavy atom. The fourth-order valence-corrected chi connectivity index (χ4v) is 3.02. The minimum absolute atomic E-state index is 0.552. The second-order valence-electron chi connectivity index (χ2n) is 6.82. The summed E-state index contributed by atoms with van der Waals surface area (Å²) < 4.78 is 0.552. The third kappa shape index (κ3) is 7.08. The standard InChI is InChI=1S/C19H44N5/c1-7-11-15-22(16-12-8-2)24(6,19(20)21-5)23(17-13-9-3)18-14-10-4/h7-18H2,1-6H3,(H2,20,21)/q+1. The molecule has 0 aliphatic heterocycles.